The van der Waals surface area contributed by atoms with E-state index >= 15 is 0 Å². The van der Waals surface area contributed by atoms with Crippen molar-refractivity contribution in [2.45, 2.75) is 5.16 Å². The molecule has 1 aliphatic heterocycles. The summed E-state index contributed by atoms with van der Waals surface area (Å²) < 4.78 is 0. The van der Waals surface area contributed by atoms with Crippen molar-refractivity contribution in [2.24, 2.45) is 0 Å². The lowest BCUT2D eigenvalue weighted by Crippen LogP contribution is -2.49. The average Bonchev–Trinajstić information content (AvgIpc) is 2.48. The molecule has 1 amide bonds. The number of β-amino-alcohol motifs (C(OH)–C–C–N with tert-alkyl or cyclic N) is 1. The molecule has 0 unspecified atom stereocenters. The molecule has 2 heterocycles. The van der Waals surface area contributed by atoms with Gasteiger partial charge < -0.3 is 10.0 Å². The van der Waals surface area contributed by atoms with Crippen LogP contribution in [0.4, 0.5) is 0 Å². The maximum Gasteiger partial charge on any atom is 0.274 e. The Balaban J connectivity index is 2.05. The van der Waals surface area contributed by atoms with Gasteiger partial charge in [0.05, 0.1) is 17.8 Å². The van der Waals surface area contributed by atoms with E-state index in [1.165, 1.54) is 18.0 Å². The summed E-state index contributed by atoms with van der Waals surface area (Å²) in [7, 11) is 0. The minimum absolute atomic E-state index is 0.142. The molecule has 1 N–H and O–H groups in total. The number of piperazine rings is 1. The third-order valence-electron chi connectivity index (χ3n) is 3.18. The van der Waals surface area contributed by atoms with Crippen molar-refractivity contribution in [1.82, 2.24) is 19.8 Å². The first kappa shape index (κ1) is 15.5. The minimum atomic E-state index is -0.156. The van der Waals surface area contributed by atoms with E-state index in [9.17, 15) is 4.79 Å². The van der Waals surface area contributed by atoms with E-state index in [-0.39, 0.29) is 23.2 Å². The molecule has 0 radical (unpaired) electrons. The van der Waals surface area contributed by atoms with Gasteiger partial charge in [0.2, 0.25) is 0 Å². The number of hydrogen-bond donors (Lipinski definition) is 1. The summed E-state index contributed by atoms with van der Waals surface area (Å²) in [4.78, 5) is 24.5. The largest absolute Gasteiger partial charge is 0.395 e. The van der Waals surface area contributed by atoms with E-state index in [0.29, 0.717) is 24.8 Å². The highest BCUT2D eigenvalue weighted by Gasteiger charge is 2.24. The van der Waals surface area contributed by atoms with E-state index in [1.807, 2.05) is 6.26 Å². The first-order valence-corrected chi connectivity index (χ1v) is 7.95. The molecule has 110 valence electrons. The normalized spacial score (nSPS) is 16.4. The number of aliphatic hydroxyl groups is 1. The number of hydrogen-bond acceptors (Lipinski definition) is 6. The van der Waals surface area contributed by atoms with Crippen LogP contribution >= 0.6 is 23.4 Å². The van der Waals surface area contributed by atoms with Gasteiger partial charge in [0.1, 0.15) is 0 Å². The van der Waals surface area contributed by atoms with Gasteiger partial charge in [0, 0.05) is 32.7 Å². The molecule has 1 fully saturated rings. The van der Waals surface area contributed by atoms with Crippen LogP contribution in [0.5, 0.6) is 0 Å². The van der Waals surface area contributed by atoms with Crippen LogP contribution in [0.15, 0.2) is 11.4 Å². The van der Waals surface area contributed by atoms with Gasteiger partial charge in [-0.1, -0.05) is 23.4 Å². The lowest BCUT2D eigenvalue weighted by atomic mass is 10.2. The molecule has 1 saturated heterocycles. The summed E-state index contributed by atoms with van der Waals surface area (Å²) in [5.41, 5.74) is 0.265. The SMILES string of the molecule is CSc1ncc(Cl)c(C(=O)N2CCN(CCO)CC2)n1. The van der Waals surface area contributed by atoms with Crippen LogP contribution in [-0.2, 0) is 0 Å². The lowest BCUT2D eigenvalue weighted by molar-refractivity contribution is 0.0608. The Morgan fingerprint density at radius 1 is 1.45 bits per heavy atom. The number of halogens is 1. The average molecular weight is 317 g/mol. The molecule has 6 nitrogen and oxygen atoms in total. The van der Waals surface area contributed by atoms with Crippen molar-refractivity contribution in [3.05, 3.63) is 16.9 Å². The van der Waals surface area contributed by atoms with Gasteiger partial charge in [0.25, 0.3) is 5.91 Å². The van der Waals surface area contributed by atoms with Crippen molar-refractivity contribution >= 4 is 29.3 Å². The number of amides is 1. The number of aliphatic hydroxyl groups excluding tert-OH is 1. The Kier molecular flexibility index (Phi) is 5.59. The molecule has 0 saturated carbocycles. The summed E-state index contributed by atoms with van der Waals surface area (Å²) in [5, 5.41) is 9.73. The zero-order valence-electron chi connectivity index (χ0n) is 11.3. The molecule has 1 aromatic rings. The number of rotatable bonds is 4. The van der Waals surface area contributed by atoms with Gasteiger partial charge in [-0.15, -0.1) is 0 Å². The van der Waals surface area contributed by atoms with Gasteiger partial charge in [-0.3, -0.25) is 9.69 Å². The standard InChI is InChI=1S/C12H17ClN4O2S/c1-20-12-14-8-9(13)10(15-12)11(19)17-4-2-16(3-5-17)6-7-18/h8,18H,2-7H2,1H3. The van der Waals surface area contributed by atoms with Crippen LogP contribution < -0.4 is 0 Å². The van der Waals surface area contributed by atoms with Crippen molar-refractivity contribution < 1.29 is 9.90 Å². The maximum absolute atomic E-state index is 12.4. The quantitative estimate of drug-likeness (QED) is 0.648. The van der Waals surface area contributed by atoms with Crippen molar-refractivity contribution in [3.8, 4) is 0 Å². The smallest absolute Gasteiger partial charge is 0.274 e. The molecule has 0 aromatic carbocycles. The monoisotopic (exact) mass is 316 g/mol. The number of aromatic nitrogens is 2. The van der Waals surface area contributed by atoms with Crippen LogP contribution in [0, 0.1) is 0 Å². The van der Waals surface area contributed by atoms with Crippen LogP contribution in [0.25, 0.3) is 0 Å². The lowest BCUT2D eigenvalue weighted by Gasteiger charge is -2.34. The second-order valence-corrected chi connectivity index (χ2v) is 5.59. The van der Waals surface area contributed by atoms with Crippen LogP contribution in [0.1, 0.15) is 10.5 Å². The fourth-order valence-corrected chi connectivity index (χ4v) is 2.58. The molecule has 0 atom stereocenters. The summed E-state index contributed by atoms with van der Waals surface area (Å²) in [5.74, 6) is -0.156. The summed E-state index contributed by atoms with van der Waals surface area (Å²) >= 11 is 7.40. The van der Waals surface area contributed by atoms with E-state index < -0.39 is 0 Å². The number of nitrogens with zero attached hydrogens (tertiary/aromatic N) is 4. The van der Waals surface area contributed by atoms with Gasteiger partial charge >= 0.3 is 0 Å². The Morgan fingerprint density at radius 2 is 2.15 bits per heavy atom. The first-order chi connectivity index (χ1) is 9.65. The second-order valence-electron chi connectivity index (χ2n) is 4.41. The Bertz CT molecular complexity index is 481. The van der Waals surface area contributed by atoms with Crippen LogP contribution in [0.2, 0.25) is 5.02 Å². The molecule has 0 bridgehead atoms. The Hall–Kier alpha value is -0.890. The minimum Gasteiger partial charge on any atom is -0.395 e. The molecule has 0 spiro atoms. The highest BCUT2D eigenvalue weighted by Crippen LogP contribution is 2.18. The van der Waals surface area contributed by atoms with Gasteiger partial charge in [-0.05, 0) is 6.26 Å². The molecule has 0 aliphatic carbocycles. The molecule has 20 heavy (non-hydrogen) atoms. The fraction of sp³-hybridized carbons (Fsp3) is 0.583. The highest BCUT2D eigenvalue weighted by atomic mass is 35.5. The van der Waals surface area contributed by atoms with Crippen molar-refractivity contribution in [1.29, 1.82) is 0 Å². The van der Waals surface area contributed by atoms with Crippen molar-refractivity contribution in [3.63, 3.8) is 0 Å². The number of carbonyl (C=O) groups excluding carboxylic acids is 1. The molecule has 1 aromatic heterocycles. The van der Waals surface area contributed by atoms with Gasteiger partial charge in [-0.25, -0.2) is 9.97 Å². The van der Waals surface area contributed by atoms with E-state index in [0.717, 1.165) is 13.1 Å². The highest BCUT2D eigenvalue weighted by molar-refractivity contribution is 7.98. The predicted octanol–water partition coefficient (Wildman–Crippen LogP) is 0.602. The zero-order valence-corrected chi connectivity index (χ0v) is 12.8. The maximum atomic E-state index is 12.4. The Morgan fingerprint density at radius 3 is 2.75 bits per heavy atom. The second kappa shape index (κ2) is 7.21. The summed E-state index contributed by atoms with van der Waals surface area (Å²) in [6.45, 7) is 3.53. The van der Waals surface area contributed by atoms with E-state index in [2.05, 4.69) is 14.9 Å². The molecule has 2 rings (SSSR count). The van der Waals surface area contributed by atoms with Gasteiger partial charge in [-0.2, -0.15) is 0 Å². The number of thioether (sulfide) groups is 1. The Labute approximate surface area is 127 Å². The van der Waals surface area contributed by atoms with E-state index in [1.54, 1.807) is 4.90 Å². The predicted molar refractivity (Wildman–Crippen MR) is 78.3 cm³/mol. The topological polar surface area (TPSA) is 69.6 Å². The van der Waals surface area contributed by atoms with Crippen LogP contribution in [0.3, 0.4) is 0 Å². The molecule has 8 heteroatoms. The molecular formula is C12H17ClN4O2S. The fourth-order valence-electron chi connectivity index (χ4n) is 2.07. The van der Waals surface area contributed by atoms with Gasteiger partial charge in [0.15, 0.2) is 10.9 Å². The van der Waals surface area contributed by atoms with E-state index in [4.69, 9.17) is 16.7 Å². The van der Waals surface area contributed by atoms with Crippen LogP contribution in [-0.4, -0.2) is 76.4 Å². The summed E-state index contributed by atoms with van der Waals surface area (Å²) in [6.07, 6.45) is 3.32. The van der Waals surface area contributed by atoms with Crippen molar-refractivity contribution in [2.75, 3.05) is 45.6 Å². The zero-order chi connectivity index (χ0) is 14.5. The molecular weight excluding hydrogens is 300 g/mol. The molecule has 1 aliphatic rings. The first-order valence-electron chi connectivity index (χ1n) is 6.34. The third kappa shape index (κ3) is 3.60. The number of carbonyl (C=O) groups is 1. The third-order valence-corrected chi connectivity index (χ3v) is 4.02. The summed E-state index contributed by atoms with van der Waals surface area (Å²) in [6, 6.07) is 0.